The van der Waals surface area contributed by atoms with E-state index in [2.05, 4.69) is 5.32 Å². The van der Waals surface area contributed by atoms with Crippen molar-refractivity contribution in [2.45, 2.75) is 19.9 Å². The number of anilines is 1. The molecule has 134 valence electrons. The first-order chi connectivity index (χ1) is 12.1. The number of hydrogen-bond acceptors (Lipinski definition) is 5. The van der Waals surface area contributed by atoms with Crippen molar-refractivity contribution in [1.29, 1.82) is 0 Å². The zero-order valence-corrected chi connectivity index (χ0v) is 14.4. The Bertz CT molecular complexity index is 685. The molecule has 1 aromatic carbocycles. The first kappa shape index (κ1) is 18.4. The normalized spacial score (nSPS) is 10.2. The summed E-state index contributed by atoms with van der Waals surface area (Å²) >= 11 is 0. The van der Waals surface area contributed by atoms with Gasteiger partial charge in [0.05, 0.1) is 32.9 Å². The Balaban J connectivity index is 2.03. The first-order valence-corrected chi connectivity index (χ1v) is 8.00. The van der Waals surface area contributed by atoms with Crippen molar-refractivity contribution in [1.82, 2.24) is 4.90 Å². The molecule has 1 heterocycles. The number of rotatable bonds is 8. The van der Waals surface area contributed by atoms with E-state index in [4.69, 9.17) is 13.9 Å². The minimum atomic E-state index is -0.346. The molecule has 25 heavy (non-hydrogen) atoms. The van der Waals surface area contributed by atoms with Crippen LogP contribution in [0.2, 0.25) is 0 Å². The molecule has 2 aromatic rings. The van der Waals surface area contributed by atoms with E-state index in [-0.39, 0.29) is 31.5 Å². The summed E-state index contributed by atoms with van der Waals surface area (Å²) in [6.45, 7) is 2.53. The highest BCUT2D eigenvalue weighted by molar-refractivity contribution is 5.89. The summed E-state index contributed by atoms with van der Waals surface area (Å²) < 4.78 is 15.4. The van der Waals surface area contributed by atoms with Crippen LogP contribution in [0.4, 0.5) is 10.5 Å². The average molecular weight is 346 g/mol. The molecule has 0 spiro atoms. The van der Waals surface area contributed by atoms with Gasteiger partial charge in [-0.2, -0.15) is 0 Å². The number of nitrogens with one attached hydrogen (secondary N) is 1. The second-order valence-electron chi connectivity index (χ2n) is 5.22. The number of hydrogen-bond donors (Lipinski definition) is 1. The van der Waals surface area contributed by atoms with Gasteiger partial charge in [-0.15, -0.1) is 0 Å². The first-order valence-electron chi connectivity index (χ1n) is 8.00. The topological polar surface area (TPSA) is 81.0 Å². The lowest BCUT2D eigenvalue weighted by Gasteiger charge is -2.22. The van der Waals surface area contributed by atoms with E-state index in [1.54, 1.807) is 56.7 Å². The van der Waals surface area contributed by atoms with Crippen molar-refractivity contribution >= 4 is 17.7 Å². The van der Waals surface area contributed by atoms with Gasteiger partial charge in [0.2, 0.25) is 0 Å². The average Bonchev–Trinajstić information content (AvgIpc) is 3.12. The standard InChI is InChI=1S/C18H22N2O5/c1-3-24-17(21)9-10-20(13-16-8-5-11-25-16)18(22)19-14-6-4-7-15(12-14)23-2/h4-8,11-12H,3,9-10,13H2,1-2H3,(H,19,22). The van der Waals surface area contributed by atoms with E-state index in [0.717, 1.165) is 0 Å². The smallest absolute Gasteiger partial charge is 0.322 e. The van der Waals surface area contributed by atoms with Gasteiger partial charge in [-0.05, 0) is 31.2 Å². The molecule has 1 aromatic heterocycles. The number of ether oxygens (including phenoxy) is 2. The largest absolute Gasteiger partial charge is 0.497 e. The summed E-state index contributed by atoms with van der Waals surface area (Å²) in [5.74, 6) is 0.924. The molecule has 0 saturated carbocycles. The highest BCUT2D eigenvalue weighted by Crippen LogP contribution is 2.17. The van der Waals surface area contributed by atoms with Gasteiger partial charge in [0.25, 0.3) is 0 Å². The van der Waals surface area contributed by atoms with Crippen molar-refractivity contribution in [2.24, 2.45) is 0 Å². The molecular weight excluding hydrogens is 324 g/mol. The summed E-state index contributed by atoms with van der Waals surface area (Å²) in [7, 11) is 1.56. The monoisotopic (exact) mass is 346 g/mol. The number of urea groups is 1. The van der Waals surface area contributed by atoms with Gasteiger partial charge in [-0.25, -0.2) is 4.79 Å². The fraction of sp³-hybridized carbons (Fsp3) is 0.333. The van der Waals surface area contributed by atoms with Gasteiger partial charge in [-0.3, -0.25) is 4.79 Å². The van der Waals surface area contributed by atoms with Crippen molar-refractivity contribution in [3.8, 4) is 5.75 Å². The van der Waals surface area contributed by atoms with Crippen molar-refractivity contribution in [3.05, 3.63) is 48.4 Å². The number of benzene rings is 1. The van der Waals surface area contributed by atoms with Crippen molar-refractivity contribution in [3.63, 3.8) is 0 Å². The minimum absolute atomic E-state index is 0.111. The zero-order chi connectivity index (χ0) is 18.1. The molecule has 2 amide bonds. The summed E-state index contributed by atoms with van der Waals surface area (Å²) in [6.07, 6.45) is 1.65. The molecule has 0 aliphatic carbocycles. The van der Waals surface area contributed by atoms with Gasteiger partial charge in [-0.1, -0.05) is 6.07 Å². The summed E-state index contributed by atoms with van der Waals surface area (Å²) in [5, 5.41) is 2.80. The maximum absolute atomic E-state index is 12.6. The van der Waals surface area contributed by atoms with Gasteiger partial charge in [0.15, 0.2) is 0 Å². The van der Waals surface area contributed by atoms with E-state index >= 15 is 0 Å². The summed E-state index contributed by atoms with van der Waals surface area (Å²) in [6, 6.07) is 10.2. The summed E-state index contributed by atoms with van der Waals surface area (Å²) in [4.78, 5) is 25.7. The second kappa shape index (κ2) is 9.36. The fourth-order valence-corrected chi connectivity index (χ4v) is 2.21. The van der Waals surface area contributed by atoms with Crippen LogP contribution in [0.15, 0.2) is 47.1 Å². The number of carbonyl (C=O) groups is 2. The molecule has 0 fully saturated rings. The van der Waals surface area contributed by atoms with Crippen molar-refractivity contribution < 1.29 is 23.5 Å². The Morgan fingerprint density at radius 3 is 2.76 bits per heavy atom. The van der Waals surface area contributed by atoms with Crippen molar-refractivity contribution in [2.75, 3.05) is 25.6 Å². The van der Waals surface area contributed by atoms with E-state index in [1.807, 2.05) is 0 Å². The Morgan fingerprint density at radius 2 is 2.08 bits per heavy atom. The van der Waals surface area contributed by atoms with E-state index in [1.165, 1.54) is 4.90 Å². The predicted molar refractivity (Wildman–Crippen MR) is 92.4 cm³/mol. The van der Waals surface area contributed by atoms with Crippen LogP contribution in [0.1, 0.15) is 19.1 Å². The highest BCUT2D eigenvalue weighted by atomic mass is 16.5. The van der Waals surface area contributed by atoms with Crippen LogP contribution < -0.4 is 10.1 Å². The quantitative estimate of drug-likeness (QED) is 0.742. The second-order valence-corrected chi connectivity index (χ2v) is 5.22. The molecule has 0 aliphatic rings. The van der Waals surface area contributed by atoms with E-state index in [9.17, 15) is 9.59 Å². The number of furan rings is 1. The van der Waals surface area contributed by atoms with Crippen LogP contribution in [0.25, 0.3) is 0 Å². The van der Waals surface area contributed by atoms with Gasteiger partial charge in [0, 0.05) is 18.3 Å². The van der Waals surface area contributed by atoms with Gasteiger partial charge < -0.3 is 24.1 Å². The lowest BCUT2D eigenvalue weighted by atomic mass is 10.3. The Kier molecular flexibility index (Phi) is 6.88. The SMILES string of the molecule is CCOC(=O)CCN(Cc1ccco1)C(=O)Nc1cccc(OC)c1. The lowest BCUT2D eigenvalue weighted by Crippen LogP contribution is -2.36. The number of amides is 2. The highest BCUT2D eigenvalue weighted by Gasteiger charge is 2.17. The van der Waals surface area contributed by atoms with Crippen LogP contribution in [0.5, 0.6) is 5.75 Å². The molecule has 1 N–H and O–H groups in total. The number of nitrogens with zero attached hydrogens (tertiary/aromatic N) is 1. The Morgan fingerprint density at radius 1 is 1.24 bits per heavy atom. The maximum Gasteiger partial charge on any atom is 0.322 e. The van der Waals surface area contributed by atoms with Gasteiger partial charge in [0.1, 0.15) is 11.5 Å². The molecular formula is C18H22N2O5. The molecule has 0 bridgehead atoms. The molecule has 0 saturated heterocycles. The molecule has 0 atom stereocenters. The molecule has 7 heteroatoms. The third kappa shape index (κ3) is 5.87. The Hall–Kier alpha value is -2.96. The number of methoxy groups -OCH3 is 1. The molecule has 0 aliphatic heterocycles. The minimum Gasteiger partial charge on any atom is -0.497 e. The van der Waals surface area contributed by atoms with E-state index in [0.29, 0.717) is 23.8 Å². The van der Waals surface area contributed by atoms with Gasteiger partial charge >= 0.3 is 12.0 Å². The number of esters is 1. The molecule has 0 unspecified atom stereocenters. The Labute approximate surface area is 146 Å². The molecule has 2 rings (SSSR count). The maximum atomic E-state index is 12.6. The van der Waals surface area contributed by atoms with Crippen LogP contribution in [0, 0.1) is 0 Å². The van der Waals surface area contributed by atoms with Crippen LogP contribution in [0.3, 0.4) is 0 Å². The van der Waals surface area contributed by atoms with Crippen LogP contribution in [-0.2, 0) is 16.1 Å². The lowest BCUT2D eigenvalue weighted by molar-refractivity contribution is -0.143. The molecule has 0 radical (unpaired) electrons. The predicted octanol–water partition coefficient (Wildman–Crippen LogP) is 3.28. The van der Waals surface area contributed by atoms with Crippen LogP contribution >= 0.6 is 0 Å². The fourth-order valence-electron chi connectivity index (χ4n) is 2.21. The van der Waals surface area contributed by atoms with E-state index < -0.39 is 0 Å². The third-order valence-electron chi connectivity index (χ3n) is 3.43. The van der Waals surface area contributed by atoms with Crippen LogP contribution in [-0.4, -0.2) is 37.2 Å². The molecule has 7 nitrogen and oxygen atoms in total. The summed E-state index contributed by atoms with van der Waals surface area (Å²) in [5.41, 5.74) is 0.602. The third-order valence-corrected chi connectivity index (χ3v) is 3.43. The number of carbonyl (C=O) groups excluding carboxylic acids is 2. The zero-order valence-electron chi connectivity index (χ0n) is 14.4.